The van der Waals surface area contributed by atoms with E-state index >= 15 is 0 Å². The van der Waals surface area contributed by atoms with E-state index in [1.807, 2.05) is 6.07 Å². The summed E-state index contributed by atoms with van der Waals surface area (Å²) in [6.45, 7) is 2.04. The van der Waals surface area contributed by atoms with E-state index in [1.54, 1.807) is 25.3 Å². The van der Waals surface area contributed by atoms with Gasteiger partial charge in [-0.1, -0.05) is 30.7 Å². The van der Waals surface area contributed by atoms with Gasteiger partial charge in [-0.15, -0.1) is 10.2 Å². The fourth-order valence-electron chi connectivity index (χ4n) is 1.73. The van der Waals surface area contributed by atoms with Gasteiger partial charge in [0.15, 0.2) is 6.61 Å². The Kier molecular flexibility index (Phi) is 6.14. The molecule has 0 aliphatic heterocycles. The number of methoxy groups -OCH3 is 1. The second kappa shape index (κ2) is 8.33. The van der Waals surface area contributed by atoms with Gasteiger partial charge in [0.25, 0.3) is 5.91 Å². The molecular formula is C15H19N3O3S. The zero-order valence-corrected chi connectivity index (χ0v) is 13.5. The molecule has 0 spiro atoms. The van der Waals surface area contributed by atoms with Crippen LogP contribution in [-0.4, -0.2) is 29.8 Å². The van der Waals surface area contributed by atoms with E-state index < -0.39 is 0 Å². The summed E-state index contributed by atoms with van der Waals surface area (Å²) in [7, 11) is 1.58. The molecule has 0 bridgehead atoms. The first-order valence-corrected chi connectivity index (χ1v) is 7.92. The van der Waals surface area contributed by atoms with E-state index in [9.17, 15) is 4.79 Å². The highest BCUT2D eigenvalue weighted by Crippen LogP contribution is 2.19. The smallest absolute Gasteiger partial charge is 0.264 e. The third kappa shape index (κ3) is 5.00. The molecular weight excluding hydrogens is 302 g/mol. The van der Waals surface area contributed by atoms with Gasteiger partial charge in [0.2, 0.25) is 5.13 Å². The molecule has 0 aliphatic carbocycles. The van der Waals surface area contributed by atoms with E-state index in [0.29, 0.717) is 16.6 Å². The van der Waals surface area contributed by atoms with Crippen molar-refractivity contribution < 1.29 is 14.3 Å². The van der Waals surface area contributed by atoms with Crippen LogP contribution in [-0.2, 0) is 11.2 Å². The maximum Gasteiger partial charge on any atom is 0.264 e. The molecule has 0 aliphatic rings. The number of benzene rings is 1. The van der Waals surface area contributed by atoms with Crippen molar-refractivity contribution in [3.05, 3.63) is 29.3 Å². The number of anilines is 1. The van der Waals surface area contributed by atoms with Crippen LogP contribution in [0.1, 0.15) is 24.8 Å². The Labute approximate surface area is 133 Å². The summed E-state index contributed by atoms with van der Waals surface area (Å²) < 4.78 is 10.5. The maximum absolute atomic E-state index is 11.8. The van der Waals surface area contributed by atoms with Crippen LogP contribution in [0.5, 0.6) is 11.5 Å². The first-order chi connectivity index (χ1) is 10.7. The Morgan fingerprint density at radius 2 is 2.14 bits per heavy atom. The molecule has 6 nitrogen and oxygen atoms in total. The van der Waals surface area contributed by atoms with Gasteiger partial charge in [-0.2, -0.15) is 0 Å². The van der Waals surface area contributed by atoms with Gasteiger partial charge in [0.1, 0.15) is 16.5 Å². The Balaban J connectivity index is 1.81. The highest BCUT2D eigenvalue weighted by molar-refractivity contribution is 7.15. The largest absolute Gasteiger partial charge is 0.497 e. The topological polar surface area (TPSA) is 73.3 Å². The fraction of sp³-hybridized carbons (Fsp3) is 0.400. The van der Waals surface area contributed by atoms with Gasteiger partial charge in [-0.05, 0) is 18.6 Å². The molecule has 0 saturated heterocycles. The van der Waals surface area contributed by atoms with Crippen LogP contribution in [0.3, 0.4) is 0 Å². The SMILES string of the molecule is CCCCc1nnc(NC(=O)COc2cccc(OC)c2)s1. The Hall–Kier alpha value is -2.15. The van der Waals surface area contributed by atoms with Crippen LogP contribution >= 0.6 is 11.3 Å². The van der Waals surface area contributed by atoms with Crippen LogP contribution in [0, 0.1) is 0 Å². The molecule has 0 fully saturated rings. The van der Waals surface area contributed by atoms with Gasteiger partial charge in [0.05, 0.1) is 7.11 Å². The summed E-state index contributed by atoms with van der Waals surface area (Å²) in [6.07, 6.45) is 3.07. The minimum atomic E-state index is -0.263. The lowest BCUT2D eigenvalue weighted by molar-refractivity contribution is -0.118. The van der Waals surface area contributed by atoms with Crippen LogP contribution in [0.25, 0.3) is 0 Å². The van der Waals surface area contributed by atoms with Crippen molar-refractivity contribution in [2.75, 3.05) is 19.0 Å². The summed E-state index contributed by atoms with van der Waals surface area (Å²) >= 11 is 1.40. The second-order valence-electron chi connectivity index (χ2n) is 4.62. The molecule has 1 aromatic heterocycles. The van der Waals surface area contributed by atoms with Gasteiger partial charge in [-0.25, -0.2) is 0 Å². The minimum Gasteiger partial charge on any atom is -0.497 e. The summed E-state index contributed by atoms with van der Waals surface area (Å²) in [4.78, 5) is 11.8. The zero-order valence-electron chi connectivity index (χ0n) is 12.7. The molecule has 2 aromatic rings. The molecule has 1 N–H and O–H groups in total. The molecule has 118 valence electrons. The van der Waals surface area contributed by atoms with Crippen molar-refractivity contribution in [2.24, 2.45) is 0 Å². The number of carbonyl (C=O) groups is 1. The lowest BCUT2D eigenvalue weighted by Crippen LogP contribution is -2.20. The van der Waals surface area contributed by atoms with E-state index in [4.69, 9.17) is 9.47 Å². The quantitative estimate of drug-likeness (QED) is 0.809. The van der Waals surface area contributed by atoms with Gasteiger partial charge < -0.3 is 9.47 Å². The Morgan fingerprint density at radius 1 is 1.32 bits per heavy atom. The summed E-state index contributed by atoms with van der Waals surface area (Å²) in [5.74, 6) is 0.999. The minimum absolute atomic E-state index is 0.0863. The highest BCUT2D eigenvalue weighted by Gasteiger charge is 2.09. The third-order valence-electron chi connectivity index (χ3n) is 2.87. The van der Waals surface area contributed by atoms with Crippen molar-refractivity contribution in [1.82, 2.24) is 10.2 Å². The van der Waals surface area contributed by atoms with Crippen molar-refractivity contribution in [3.63, 3.8) is 0 Å². The van der Waals surface area contributed by atoms with Crippen LogP contribution in [0.2, 0.25) is 0 Å². The molecule has 7 heteroatoms. The lowest BCUT2D eigenvalue weighted by atomic mass is 10.3. The predicted octanol–water partition coefficient (Wildman–Crippen LogP) is 2.91. The first kappa shape index (κ1) is 16.2. The average molecular weight is 321 g/mol. The molecule has 1 amide bonds. The van der Waals surface area contributed by atoms with Gasteiger partial charge in [-0.3, -0.25) is 10.1 Å². The van der Waals surface area contributed by atoms with Crippen molar-refractivity contribution in [1.29, 1.82) is 0 Å². The number of hydrogen-bond acceptors (Lipinski definition) is 6. The molecule has 1 heterocycles. The van der Waals surface area contributed by atoms with E-state index in [0.717, 1.165) is 24.3 Å². The highest BCUT2D eigenvalue weighted by atomic mass is 32.1. The summed E-state index contributed by atoms with van der Waals surface area (Å²) in [5.41, 5.74) is 0. The summed E-state index contributed by atoms with van der Waals surface area (Å²) in [6, 6.07) is 7.10. The van der Waals surface area contributed by atoms with Crippen molar-refractivity contribution >= 4 is 22.4 Å². The molecule has 0 saturated carbocycles. The molecule has 1 aromatic carbocycles. The van der Waals surface area contributed by atoms with E-state index in [-0.39, 0.29) is 12.5 Å². The number of ether oxygens (including phenoxy) is 2. The van der Waals surface area contributed by atoms with Crippen LogP contribution in [0.15, 0.2) is 24.3 Å². The van der Waals surface area contributed by atoms with Gasteiger partial charge >= 0.3 is 0 Å². The van der Waals surface area contributed by atoms with Crippen LogP contribution in [0.4, 0.5) is 5.13 Å². The van der Waals surface area contributed by atoms with E-state index in [1.165, 1.54) is 11.3 Å². The van der Waals surface area contributed by atoms with Crippen LogP contribution < -0.4 is 14.8 Å². The predicted molar refractivity (Wildman–Crippen MR) is 85.6 cm³/mol. The molecule has 0 radical (unpaired) electrons. The maximum atomic E-state index is 11.8. The Bertz CT molecular complexity index is 616. The number of nitrogens with one attached hydrogen (secondary N) is 1. The standard InChI is InChI=1S/C15H19N3O3S/c1-3-4-8-14-17-18-15(22-14)16-13(19)10-21-12-7-5-6-11(9-12)20-2/h5-7,9H,3-4,8,10H2,1-2H3,(H,16,18,19). The molecule has 0 unspecified atom stereocenters. The monoisotopic (exact) mass is 321 g/mol. The molecule has 22 heavy (non-hydrogen) atoms. The third-order valence-corrected chi connectivity index (χ3v) is 3.77. The summed E-state index contributed by atoms with van der Waals surface area (Å²) in [5, 5.41) is 12.1. The zero-order chi connectivity index (χ0) is 15.8. The first-order valence-electron chi connectivity index (χ1n) is 7.10. The number of hydrogen-bond donors (Lipinski definition) is 1. The molecule has 0 atom stereocenters. The number of amides is 1. The molecule has 2 rings (SSSR count). The van der Waals surface area contributed by atoms with E-state index in [2.05, 4.69) is 22.4 Å². The second-order valence-corrected chi connectivity index (χ2v) is 5.68. The number of carbonyl (C=O) groups excluding carboxylic acids is 1. The number of unbranched alkanes of at least 4 members (excludes halogenated alkanes) is 1. The Morgan fingerprint density at radius 3 is 2.91 bits per heavy atom. The number of aromatic nitrogens is 2. The van der Waals surface area contributed by atoms with Crippen molar-refractivity contribution in [3.8, 4) is 11.5 Å². The lowest BCUT2D eigenvalue weighted by Gasteiger charge is -2.06. The number of rotatable bonds is 8. The van der Waals surface area contributed by atoms with Gasteiger partial charge in [0, 0.05) is 12.5 Å². The van der Waals surface area contributed by atoms with Crippen molar-refractivity contribution in [2.45, 2.75) is 26.2 Å². The normalized spacial score (nSPS) is 10.3. The average Bonchev–Trinajstić information content (AvgIpc) is 2.98. The fourth-order valence-corrected chi connectivity index (χ4v) is 2.53. The number of aryl methyl sites for hydroxylation is 1. The number of nitrogens with zero attached hydrogens (tertiary/aromatic N) is 2.